The molecule has 0 bridgehead atoms. The normalized spacial score (nSPS) is 10.9. The van der Waals surface area contributed by atoms with E-state index in [0.717, 1.165) is 11.8 Å². The summed E-state index contributed by atoms with van der Waals surface area (Å²) in [5, 5.41) is 9.58. The summed E-state index contributed by atoms with van der Waals surface area (Å²) in [6.45, 7) is 0. The number of hydrogen-bond acceptors (Lipinski definition) is 6. The van der Waals surface area contributed by atoms with Crippen LogP contribution in [0.2, 0.25) is 0 Å². The summed E-state index contributed by atoms with van der Waals surface area (Å²) >= 11 is 1.04. The molecule has 0 saturated heterocycles. The summed E-state index contributed by atoms with van der Waals surface area (Å²) in [6, 6.07) is 12.8. The first-order valence-corrected chi connectivity index (χ1v) is 9.17. The highest BCUT2D eigenvalue weighted by atomic mass is 32.2. The molecule has 0 saturated carbocycles. The van der Waals surface area contributed by atoms with Crippen molar-refractivity contribution in [2.24, 2.45) is 0 Å². The molecule has 4 aromatic rings. The minimum atomic E-state index is -0.525. The minimum absolute atomic E-state index is 0.0761. The smallest absolute Gasteiger partial charge is 0.269 e. The Morgan fingerprint density at radius 1 is 1.18 bits per heavy atom. The van der Waals surface area contributed by atoms with Gasteiger partial charge in [0.1, 0.15) is 12.1 Å². The van der Waals surface area contributed by atoms with Crippen molar-refractivity contribution in [3.63, 3.8) is 0 Å². The van der Waals surface area contributed by atoms with Crippen molar-refractivity contribution < 1.29 is 9.18 Å². The number of thioether (sulfide) groups is 1. The van der Waals surface area contributed by atoms with Crippen LogP contribution in [0.25, 0.3) is 16.9 Å². The van der Waals surface area contributed by atoms with E-state index in [1.165, 1.54) is 29.1 Å². The standard InChI is InChI=1S/C18H13FN6O2S/c19-12-6-2-4-8-14(12)22-15(26)9-28-18-23-13-7-3-1-5-11(13)16(27)25(18)17-20-10-21-24-17/h1-8,10H,9H2,(H,22,26)(H,20,21,24). The fourth-order valence-electron chi connectivity index (χ4n) is 2.58. The largest absolute Gasteiger partial charge is 0.323 e. The van der Waals surface area contributed by atoms with Crippen molar-refractivity contribution in [3.8, 4) is 5.95 Å². The lowest BCUT2D eigenvalue weighted by Crippen LogP contribution is -2.24. The maximum Gasteiger partial charge on any atom is 0.269 e. The van der Waals surface area contributed by atoms with Crippen LogP contribution in [0.15, 0.2) is 64.8 Å². The fourth-order valence-corrected chi connectivity index (χ4v) is 3.38. The molecule has 8 nitrogen and oxygen atoms in total. The maximum atomic E-state index is 13.7. The molecule has 28 heavy (non-hydrogen) atoms. The molecular formula is C18H13FN6O2S. The first-order chi connectivity index (χ1) is 13.6. The van der Waals surface area contributed by atoms with E-state index in [9.17, 15) is 14.0 Å². The lowest BCUT2D eigenvalue weighted by molar-refractivity contribution is -0.113. The molecule has 0 fully saturated rings. The van der Waals surface area contributed by atoms with Gasteiger partial charge in [-0.2, -0.15) is 10.1 Å². The number of benzene rings is 2. The Labute approximate surface area is 161 Å². The van der Waals surface area contributed by atoms with Crippen molar-refractivity contribution in [1.29, 1.82) is 0 Å². The van der Waals surface area contributed by atoms with Gasteiger partial charge in [0.25, 0.3) is 5.56 Å². The average Bonchev–Trinajstić information content (AvgIpc) is 3.22. The first-order valence-electron chi connectivity index (χ1n) is 8.18. The molecule has 0 aliphatic carbocycles. The zero-order chi connectivity index (χ0) is 19.5. The molecule has 10 heteroatoms. The Kier molecular flexibility index (Phi) is 4.85. The van der Waals surface area contributed by atoms with Crippen LogP contribution in [-0.2, 0) is 4.79 Å². The predicted molar refractivity (Wildman–Crippen MR) is 103 cm³/mol. The van der Waals surface area contributed by atoms with Crippen LogP contribution in [-0.4, -0.2) is 36.4 Å². The molecule has 0 unspecified atom stereocenters. The number of fused-ring (bicyclic) bond motifs is 1. The Morgan fingerprint density at radius 3 is 2.75 bits per heavy atom. The lowest BCUT2D eigenvalue weighted by Gasteiger charge is -2.11. The number of H-pyrrole nitrogens is 1. The summed E-state index contributed by atoms with van der Waals surface area (Å²) < 4.78 is 15.0. The van der Waals surface area contributed by atoms with Crippen LogP contribution in [0.1, 0.15) is 0 Å². The summed E-state index contributed by atoms with van der Waals surface area (Å²) in [6.07, 6.45) is 1.27. The van der Waals surface area contributed by atoms with Gasteiger partial charge in [0.15, 0.2) is 5.16 Å². The maximum absolute atomic E-state index is 13.7. The zero-order valence-electron chi connectivity index (χ0n) is 14.3. The Balaban J connectivity index is 1.65. The van der Waals surface area contributed by atoms with Crippen molar-refractivity contribution in [2.45, 2.75) is 5.16 Å². The van der Waals surface area contributed by atoms with Gasteiger partial charge in [0, 0.05) is 0 Å². The zero-order valence-corrected chi connectivity index (χ0v) is 15.1. The number of halogens is 1. The van der Waals surface area contributed by atoms with E-state index < -0.39 is 11.7 Å². The summed E-state index contributed by atoms with van der Waals surface area (Å²) in [5.74, 6) is -0.835. The molecule has 4 rings (SSSR count). The van der Waals surface area contributed by atoms with Crippen LogP contribution >= 0.6 is 11.8 Å². The summed E-state index contributed by atoms with van der Waals surface area (Å²) in [7, 11) is 0. The SMILES string of the molecule is O=C(CSc1nc2ccccc2c(=O)n1-c1ncn[nH]1)Nc1ccccc1F. The van der Waals surface area contributed by atoms with Gasteiger partial charge in [-0.3, -0.25) is 9.59 Å². The van der Waals surface area contributed by atoms with E-state index in [-0.39, 0.29) is 28.1 Å². The molecule has 140 valence electrons. The molecule has 0 radical (unpaired) electrons. The number of amides is 1. The highest BCUT2D eigenvalue weighted by Crippen LogP contribution is 2.20. The molecule has 2 N–H and O–H groups in total. The van der Waals surface area contributed by atoms with Crippen LogP contribution < -0.4 is 10.9 Å². The highest BCUT2D eigenvalue weighted by molar-refractivity contribution is 7.99. The number of rotatable bonds is 5. The second-order valence-corrected chi connectivity index (χ2v) is 6.62. The number of hydrogen-bond donors (Lipinski definition) is 2. The van der Waals surface area contributed by atoms with Gasteiger partial charge >= 0.3 is 0 Å². The third-order valence-electron chi connectivity index (χ3n) is 3.84. The van der Waals surface area contributed by atoms with Crippen molar-refractivity contribution in [2.75, 3.05) is 11.1 Å². The quantitative estimate of drug-likeness (QED) is 0.396. The Bertz CT molecular complexity index is 1210. The van der Waals surface area contributed by atoms with E-state index in [4.69, 9.17) is 0 Å². The van der Waals surface area contributed by atoms with Gasteiger partial charge in [-0.15, -0.1) is 0 Å². The summed E-state index contributed by atoms with van der Waals surface area (Å²) in [5.41, 5.74) is 0.256. The molecule has 2 aromatic carbocycles. The van der Waals surface area contributed by atoms with Crippen LogP contribution in [0, 0.1) is 5.82 Å². The van der Waals surface area contributed by atoms with E-state index >= 15 is 0 Å². The van der Waals surface area contributed by atoms with Crippen molar-refractivity contribution >= 4 is 34.3 Å². The lowest BCUT2D eigenvalue weighted by atomic mass is 10.2. The number of anilines is 1. The Morgan fingerprint density at radius 2 is 1.96 bits per heavy atom. The second kappa shape index (κ2) is 7.61. The van der Waals surface area contributed by atoms with Crippen LogP contribution in [0.3, 0.4) is 0 Å². The van der Waals surface area contributed by atoms with Gasteiger partial charge in [0.2, 0.25) is 11.9 Å². The van der Waals surface area contributed by atoms with E-state index in [1.54, 1.807) is 30.3 Å². The fraction of sp³-hybridized carbons (Fsp3) is 0.0556. The monoisotopic (exact) mass is 396 g/mol. The van der Waals surface area contributed by atoms with E-state index in [2.05, 4.69) is 25.5 Å². The minimum Gasteiger partial charge on any atom is -0.323 e. The van der Waals surface area contributed by atoms with Gasteiger partial charge in [-0.05, 0) is 24.3 Å². The summed E-state index contributed by atoms with van der Waals surface area (Å²) in [4.78, 5) is 33.6. The molecule has 0 aliphatic heterocycles. The molecule has 1 amide bonds. The van der Waals surface area contributed by atoms with Crippen molar-refractivity contribution in [1.82, 2.24) is 24.7 Å². The molecule has 0 aliphatic rings. The first kappa shape index (κ1) is 17.9. The highest BCUT2D eigenvalue weighted by Gasteiger charge is 2.16. The van der Waals surface area contributed by atoms with Gasteiger partial charge in [-0.1, -0.05) is 36.0 Å². The number of para-hydroxylation sites is 2. The Hall–Kier alpha value is -3.53. The second-order valence-electron chi connectivity index (χ2n) is 5.68. The average molecular weight is 396 g/mol. The molecule has 2 aromatic heterocycles. The van der Waals surface area contributed by atoms with E-state index in [0.29, 0.717) is 10.9 Å². The van der Waals surface area contributed by atoms with Crippen LogP contribution in [0.5, 0.6) is 0 Å². The third kappa shape index (κ3) is 3.49. The topological polar surface area (TPSA) is 106 Å². The molecule has 0 spiro atoms. The predicted octanol–water partition coefficient (Wildman–Crippen LogP) is 2.37. The van der Waals surface area contributed by atoms with E-state index in [1.807, 2.05) is 0 Å². The number of nitrogens with zero attached hydrogens (tertiary/aromatic N) is 4. The molecular weight excluding hydrogens is 383 g/mol. The molecule has 0 atom stereocenters. The van der Waals surface area contributed by atoms with Gasteiger partial charge in [-0.25, -0.2) is 19.0 Å². The van der Waals surface area contributed by atoms with Crippen molar-refractivity contribution in [3.05, 3.63) is 71.0 Å². The number of aromatic amines is 1. The third-order valence-corrected chi connectivity index (χ3v) is 4.78. The molecule has 2 heterocycles. The number of carbonyl (C=O) groups is 1. The number of aromatic nitrogens is 5. The van der Waals surface area contributed by atoms with Gasteiger partial charge < -0.3 is 5.32 Å². The van der Waals surface area contributed by atoms with Gasteiger partial charge in [0.05, 0.1) is 22.3 Å². The van der Waals surface area contributed by atoms with Crippen LogP contribution in [0.4, 0.5) is 10.1 Å². The number of carbonyl (C=O) groups excluding carboxylic acids is 1. The number of nitrogens with one attached hydrogen (secondary N) is 2.